The average molecular weight is 399 g/mol. The van der Waals surface area contributed by atoms with Crippen LogP contribution >= 0.6 is 0 Å². The Bertz CT molecular complexity index is 1440. The molecule has 2 heterocycles. The van der Waals surface area contributed by atoms with Crippen LogP contribution in [0.3, 0.4) is 0 Å². The molecule has 1 aliphatic rings. The number of hydrogen-bond donors (Lipinski definition) is 0. The summed E-state index contributed by atoms with van der Waals surface area (Å²) in [5.41, 5.74) is 2.11. The van der Waals surface area contributed by atoms with Gasteiger partial charge in [-0.25, -0.2) is 4.98 Å². The van der Waals surface area contributed by atoms with Crippen molar-refractivity contribution in [2.45, 2.75) is 13.0 Å². The maximum absolute atomic E-state index is 12.9. The lowest BCUT2D eigenvalue weighted by atomic mass is 10.0. The highest BCUT2D eigenvalue weighted by molar-refractivity contribution is 5.90. The van der Waals surface area contributed by atoms with E-state index in [-0.39, 0.29) is 16.6 Å². The third-order valence-corrected chi connectivity index (χ3v) is 5.45. The number of non-ortho nitro benzene ring substituents is 1. The third-order valence-electron chi connectivity index (χ3n) is 5.45. The highest BCUT2D eigenvalue weighted by atomic mass is 16.6. The number of hydrogen-bond acceptors (Lipinski definition) is 5. The van der Waals surface area contributed by atoms with Gasteiger partial charge in [-0.1, -0.05) is 18.2 Å². The minimum atomic E-state index is -0.503. The highest BCUT2D eigenvalue weighted by Crippen LogP contribution is 2.29. The highest BCUT2D eigenvalue weighted by Gasteiger charge is 2.22. The maximum atomic E-state index is 12.9. The van der Waals surface area contributed by atoms with Crippen LogP contribution in [0.4, 0.5) is 5.69 Å². The molecule has 0 bridgehead atoms. The zero-order valence-corrected chi connectivity index (χ0v) is 16.2. The predicted molar refractivity (Wildman–Crippen MR) is 116 cm³/mol. The topological polar surface area (TPSA) is 87.3 Å². The van der Waals surface area contributed by atoms with Crippen LogP contribution in [0.25, 0.3) is 33.3 Å². The lowest BCUT2D eigenvalue weighted by Crippen LogP contribution is -2.20. The van der Waals surface area contributed by atoms with Crippen molar-refractivity contribution in [2.75, 3.05) is 7.11 Å². The lowest BCUT2D eigenvalue weighted by molar-refractivity contribution is -0.384. The first kappa shape index (κ1) is 18.1. The van der Waals surface area contributed by atoms with Gasteiger partial charge in [-0.3, -0.25) is 19.5 Å². The summed E-state index contributed by atoms with van der Waals surface area (Å²) in [4.78, 5) is 28.1. The Hall–Kier alpha value is -4.00. The van der Waals surface area contributed by atoms with E-state index in [0.717, 1.165) is 27.7 Å². The molecule has 3 aromatic carbocycles. The summed E-state index contributed by atoms with van der Waals surface area (Å²) in [6, 6.07) is 16.3. The van der Waals surface area contributed by atoms with Crippen molar-refractivity contribution in [3.05, 3.63) is 86.5 Å². The summed E-state index contributed by atoms with van der Waals surface area (Å²) in [5.74, 6) is 1.44. The van der Waals surface area contributed by atoms with Gasteiger partial charge in [0.2, 0.25) is 0 Å². The fourth-order valence-corrected chi connectivity index (χ4v) is 3.92. The Morgan fingerprint density at radius 3 is 2.70 bits per heavy atom. The van der Waals surface area contributed by atoms with Crippen LogP contribution in [0, 0.1) is 10.1 Å². The van der Waals surface area contributed by atoms with Crippen LogP contribution in [0.5, 0.6) is 5.75 Å². The normalized spacial score (nSPS) is 14.4. The molecule has 1 aromatic heterocycles. The van der Waals surface area contributed by atoms with Crippen LogP contribution in [0.15, 0.2) is 59.4 Å². The molecule has 0 saturated carbocycles. The molecule has 4 aromatic rings. The monoisotopic (exact) mass is 399 g/mol. The first-order valence-corrected chi connectivity index (χ1v) is 9.51. The van der Waals surface area contributed by atoms with Gasteiger partial charge in [-0.05, 0) is 58.7 Å². The molecule has 7 nitrogen and oxygen atoms in total. The minimum absolute atomic E-state index is 0.108. The van der Waals surface area contributed by atoms with Crippen LogP contribution in [-0.2, 0) is 6.54 Å². The lowest BCUT2D eigenvalue weighted by Gasteiger charge is -2.06. The number of benzene rings is 3. The van der Waals surface area contributed by atoms with E-state index in [9.17, 15) is 14.9 Å². The molecule has 5 rings (SSSR count). The van der Waals surface area contributed by atoms with Gasteiger partial charge in [0.1, 0.15) is 11.6 Å². The quantitative estimate of drug-likeness (QED) is 0.376. The van der Waals surface area contributed by atoms with Gasteiger partial charge in [-0.2, -0.15) is 0 Å². The Labute approximate surface area is 171 Å². The fourth-order valence-electron chi connectivity index (χ4n) is 3.92. The number of ether oxygens (including phenoxy) is 1. The van der Waals surface area contributed by atoms with E-state index in [1.54, 1.807) is 11.7 Å². The number of aromatic nitrogens is 2. The van der Waals surface area contributed by atoms with Gasteiger partial charge >= 0.3 is 0 Å². The van der Waals surface area contributed by atoms with E-state index >= 15 is 0 Å². The second-order valence-corrected chi connectivity index (χ2v) is 7.24. The van der Waals surface area contributed by atoms with Crippen LogP contribution in [0.2, 0.25) is 0 Å². The van der Waals surface area contributed by atoms with Crippen molar-refractivity contribution in [1.82, 2.24) is 9.55 Å². The molecule has 0 spiro atoms. The summed E-state index contributed by atoms with van der Waals surface area (Å²) in [5, 5.41) is 13.5. The standard InChI is InChI=1S/C23H17N3O4/c1-30-19-6-4-15-10-14(2-3-16(15)12-19)11-17-8-9-25-22(17)24-21-7-5-18(26(28)29)13-20(21)23(25)27/h2-7,10-13H,8-9H2,1H3/b17-11+. The Morgan fingerprint density at radius 2 is 1.90 bits per heavy atom. The van der Waals surface area contributed by atoms with Crippen molar-refractivity contribution < 1.29 is 9.66 Å². The Morgan fingerprint density at radius 1 is 1.10 bits per heavy atom. The van der Waals surface area contributed by atoms with Gasteiger partial charge in [0.15, 0.2) is 0 Å². The molecular formula is C23H17N3O4. The van der Waals surface area contributed by atoms with Crippen molar-refractivity contribution in [1.29, 1.82) is 0 Å². The van der Waals surface area contributed by atoms with Crippen LogP contribution in [-0.4, -0.2) is 21.6 Å². The molecule has 0 radical (unpaired) electrons. The third kappa shape index (κ3) is 2.91. The summed E-state index contributed by atoms with van der Waals surface area (Å²) in [7, 11) is 1.65. The zero-order chi connectivity index (χ0) is 20.8. The van der Waals surface area contributed by atoms with E-state index in [1.165, 1.54) is 18.2 Å². The summed E-state index contributed by atoms with van der Waals surface area (Å²) >= 11 is 0. The Kier molecular flexibility index (Phi) is 4.10. The smallest absolute Gasteiger partial charge is 0.270 e. The number of nitro benzene ring substituents is 1. The van der Waals surface area contributed by atoms with Crippen molar-refractivity contribution in [3.8, 4) is 5.75 Å². The van der Waals surface area contributed by atoms with E-state index in [2.05, 4.69) is 11.1 Å². The van der Waals surface area contributed by atoms with Crippen molar-refractivity contribution in [2.24, 2.45) is 0 Å². The van der Waals surface area contributed by atoms with E-state index in [1.807, 2.05) is 36.4 Å². The van der Waals surface area contributed by atoms with E-state index < -0.39 is 4.92 Å². The molecule has 1 aliphatic heterocycles. The SMILES string of the molecule is COc1ccc2cc(/C=C3\CCn4c3nc3ccc([N+](=O)[O-])cc3c4=O)ccc2c1. The van der Waals surface area contributed by atoms with Crippen molar-refractivity contribution in [3.63, 3.8) is 0 Å². The summed E-state index contributed by atoms with van der Waals surface area (Å²) < 4.78 is 6.88. The fraction of sp³-hybridized carbons (Fsp3) is 0.130. The largest absolute Gasteiger partial charge is 0.497 e. The molecule has 30 heavy (non-hydrogen) atoms. The molecule has 0 N–H and O–H groups in total. The second-order valence-electron chi connectivity index (χ2n) is 7.24. The van der Waals surface area contributed by atoms with Gasteiger partial charge in [0.05, 0.1) is 22.9 Å². The van der Waals surface area contributed by atoms with Gasteiger partial charge in [0, 0.05) is 18.7 Å². The molecule has 0 amide bonds. The number of allylic oxidation sites excluding steroid dienone is 1. The van der Waals surface area contributed by atoms with Crippen molar-refractivity contribution >= 4 is 39.0 Å². The molecule has 0 atom stereocenters. The van der Waals surface area contributed by atoms with Crippen LogP contribution in [0.1, 0.15) is 17.8 Å². The molecule has 0 aliphatic carbocycles. The molecule has 148 valence electrons. The first-order chi connectivity index (χ1) is 14.5. The zero-order valence-electron chi connectivity index (χ0n) is 16.2. The number of rotatable bonds is 3. The van der Waals surface area contributed by atoms with Gasteiger partial charge in [0.25, 0.3) is 11.2 Å². The van der Waals surface area contributed by atoms with Gasteiger partial charge < -0.3 is 4.74 Å². The maximum Gasteiger partial charge on any atom is 0.270 e. The van der Waals surface area contributed by atoms with E-state index in [0.29, 0.717) is 24.3 Å². The summed E-state index contributed by atoms with van der Waals surface area (Å²) in [6.07, 6.45) is 2.73. The van der Waals surface area contributed by atoms with Gasteiger partial charge in [-0.15, -0.1) is 0 Å². The number of nitrogens with zero attached hydrogens (tertiary/aromatic N) is 3. The summed E-state index contributed by atoms with van der Waals surface area (Å²) in [6.45, 7) is 0.510. The van der Waals surface area contributed by atoms with Crippen LogP contribution < -0.4 is 10.3 Å². The molecular weight excluding hydrogens is 382 g/mol. The number of nitro groups is 1. The predicted octanol–water partition coefficient (Wildman–Crippen LogP) is 4.41. The molecule has 0 fully saturated rings. The number of methoxy groups -OCH3 is 1. The average Bonchev–Trinajstić information content (AvgIpc) is 3.16. The second kappa shape index (κ2) is 6.81. The molecule has 0 unspecified atom stereocenters. The molecule has 0 saturated heterocycles. The Balaban J connectivity index is 1.60. The van der Waals surface area contributed by atoms with E-state index in [4.69, 9.17) is 4.74 Å². The first-order valence-electron chi connectivity index (χ1n) is 9.51. The number of fused-ring (bicyclic) bond motifs is 3. The minimum Gasteiger partial charge on any atom is -0.497 e. The molecule has 7 heteroatoms.